The van der Waals surface area contributed by atoms with Gasteiger partial charge in [0.25, 0.3) is 0 Å². The molecule has 1 aliphatic carbocycles. The molecule has 0 atom stereocenters. The van der Waals surface area contributed by atoms with Crippen LogP contribution < -0.4 is 10.6 Å². The summed E-state index contributed by atoms with van der Waals surface area (Å²) >= 11 is 3.33. The van der Waals surface area contributed by atoms with Crippen LogP contribution in [0, 0.1) is 5.92 Å². The lowest BCUT2D eigenvalue weighted by Gasteiger charge is -2.43. The Morgan fingerprint density at radius 2 is 1.86 bits per heavy atom. The first-order valence-corrected chi connectivity index (χ1v) is 8.35. The number of hydrogen-bond donors (Lipinski definition) is 1. The summed E-state index contributed by atoms with van der Waals surface area (Å²) in [7, 11) is 0. The molecule has 2 nitrogen and oxygen atoms in total. The largest absolute Gasteiger partial charge is 0.397 e. The average Bonchev–Trinajstić information content (AvgIpc) is 2.42. The van der Waals surface area contributed by atoms with E-state index >= 15 is 0 Å². The van der Waals surface area contributed by atoms with Crippen LogP contribution in [0.1, 0.15) is 46.0 Å². The first-order chi connectivity index (χ1) is 9.84. The SMILES string of the molecule is CC(C)C(F)(F)N(c1ccc(Br)cc1N)C1CCCCC1. The van der Waals surface area contributed by atoms with Crippen molar-refractivity contribution in [2.45, 2.75) is 58.0 Å². The minimum absolute atomic E-state index is 0.139. The van der Waals surface area contributed by atoms with E-state index in [1.807, 2.05) is 0 Å². The minimum Gasteiger partial charge on any atom is -0.397 e. The molecule has 0 aromatic heterocycles. The molecule has 0 heterocycles. The van der Waals surface area contributed by atoms with Gasteiger partial charge in [0.15, 0.2) is 0 Å². The predicted octanol–water partition coefficient (Wildman–Crippen LogP) is 5.42. The highest BCUT2D eigenvalue weighted by molar-refractivity contribution is 9.10. The molecule has 0 saturated heterocycles. The summed E-state index contributed by atoms with van der Waals surface area (Å²) in [6, 6.07) is 2.13. The van der Waals surface area contributed by atoms with E-state index in [2.05, 4.69) is 15.9 Å². The summed E-state index contributed by atoms with van der Waals surface area (Å²) in [5.41, 5.74) is 6.87. The van der Waals surface area contributed by atoms with Crippen LogP contribution in [-0.4, -0.2) is 12.1 Å². The standard InChI is InChI=1S/C16H23BrF2N2/c1-11(2)16(18,19)21(13-6-4-3-5-7-13)15-9-8-12(17)10-14(15)20/h8-11,13H,3-7,20H2,1-2H3. The second-order valence-electron chi connectivity index (χ2n) is 6.11. The van der Waals surface area contributed by atoms with Gasteiger partial charge in [-0.25, -0.2) is 0 Å². The lowest BCUT2D eigenvalue weighted by Crippen LogP contribution is -2.52. The summed E-state index contributed by atoms with van der Waals surface area (Å²) in [6.07, 6.45) is 4.75. The Morgan fingerprint density at radius 3 is 2.38 bits per heavy atom. The molecule has 0 amide bonds. The Morgan fingerprint density at radius 1 is 1.24 bits per heavy atom. The summed E-state index contributed by atoms with van der Waals surface area (Å²) in [5, 5.41) is 0. The molecule has 0 spiro atoms. The van der Waals surface area contributed by atoms with Crippen molar-refractivity contribution in [1.29, 1.82) is 0 Å². The van der Waals surface area contributed by atoms with Crippen molar-refractivity contribution in [2.75, 3.05) is 10.6 Å². The van der Waals surface area contributed by atoms with Gasteiger partial charge in [0, 0.05) is 16.4 Å². The van der Waals surface area contributed by atoms with Crippen LogP contribution in [0.5, 0.6) is 0 Å². The van der Waals surface area contributed by atoms with Crippen LogP contribution in [-0.2, 0) is 0 Å². The van der Waals surface area contributed by atoms with Crippen LogP contribution in [0.4, 0.5) is 20.2 Å². The Hall–Kier alpha value is -0.840. The Labute approximate surface area is 133 Å². The molecule has 21 heavy (non-hydrogen) atoms. The molecular weight excluding hydrogens is 338 g/mol. The van der Waals surface area contributed by atoms with E-state index < -0.39 is 12.0 Å². The van der Waals surface area contributed by atoms with Gasteiger partial charge in [-0.15, -0.1) is 0 Å². The zero-order chi connectivity index (χ0) is 15.6. The van der Waals surface area contributed by atoms with E-state index in [1.165, 1.54) is 4.90 Å². The highest BCUT2D eigenvalue weighted by Crippen LogP contribution is 2.41. The molecule has 2 rings (SSSR count). The number of alkyl halides is 2. The van der Waals surface area contributed by atoms with E-state index in [1.54, 1.807) is 32.0 Å². The van der Waals surface area contributed by atoms with Gasteiger partial charge in [-0.1, -0.05) is 49.0 Å². The second-order valence-corrected chi connectivity index (χ2v) is 7.02. The maximum atomic E-state index is 14.8. The van der Waals surface area contributed by atoms with Gasteiger partial charge in [-0.3, -0.25) is 0 Å². The van der Waals surface area contributed by atoms with Crippen LogP contribution in [0.25, 0.3) is 0 Å². The third-order valence-electron chi connectivity index (χ3n) is 4.20. The topological polar surface area (TPSA) is 29.3 Å². The van der Waals surface area contributed by atoms with Gasteiger partial charge in [0.2, 0.25) is 0 Å². The number of nitrogen functional groups attached to an aromatic ring is 1. The average molecular weight is 361 g/mol. The molecule has 1 saturated carbocycles. The van der Waals surface area contributed by atoms with Crippen molar-refractivity contribution in [3.63, 3.8) is 0 Å². The highest BCUT2D eigenvalue weighted by Gasteiger charge is 2.45. The van der Waals surface area contributed by atoms with Crippen LogP contribution in [0.15, 0.2) is 22.7 Å². The monoisotopic (exact) mass is 360 g/mol. The van der Waals surface area contributed by atoms with Crippen molar-refractivity contribution in [2.24, 2.45) is 5.92 Å². The normalized spacial score (nSPS) is 17.2. The fourth-order valence-electron chi connectivity index (χ4n) is 2.96. The molecule has 0 radical (unpaired) electrons. The van der Waals surface area contributed by atoms with Crippen molar-refractivity contribution in [3.8, 4) is 0 Å². The van der Waals surface area contributed by atoms with Gasteiger partial charge >= 0.3 is 6.05 Å². The molecular formula is C16H23BrF2N2. The number of nitrogens with two attached hydrogens (primary N) is 1. The predicted molar refractivity (Wildman–Crippen MR) is 87.7 cm³/mol. The quantitative estimate of drug-likeness (QED) is 0.573. The highest BCUT2D eigenvalue weighted by atomic mass is 79.9. The number of benzene rings is 1. The first kappa shape index (κ1) is 16.5. The van der Waals surface area contributed by atoms with Crippen molar-refractivity contribution >= 4 is 27.3 Å². The van der Waals surface area contributed by atoms with E-state index in [4.69, 9.17) is 5.73 Å². The smallest absolute Gasteiger partial charge is 0.328 e. The lowest BCUT2D eigenvalue weighted by molar-refractivity contribution is -0.0562. The molecule has 0 bridgehead atoms. The van der Waals surface area contributed by atoms with Gasteiger partial charge in [0.05, 0.1) is 11.4 Å². The number of rotatable bonds is 4. The number of anilines is 2. The number of nitrogens with zero attached hydrogens (tertiary/aromatic N) is 1. The molecule has 1 fully saturated rings. The maximum Gasteiger partial charge on any atom is 0.328 e. The summed E-state index contributed by atoms with van der Waals surface area (Å²) in [6.45, 7) is 3.12. The molecule has 1 aliphatic rings. The fraction of sp³-hybridized carbons (Fsp3) is 0.625. The molecule has 0 unspecified atom stereocenters. The molecule has 0 aliphatic heterocycles. The van der Waals surface area contributed by atoms with Gasteiger partial charge in [0.1, 0.15) is 0 Å². The number of hydrogen-bond acceptors (Lipinski definition) is 2. The first-order valence-electron chi connectivity index (χ1n) is 7.56. The maximum absolute atomic E-state index is 14.8. The van der Waals surface area contributed by atoms with Crippen molar-refractivity contribution < 1.29 is 8.78 Å². The zero-order valence-corrected chi connectivity index (χ0v) is 14.2. The van der Waals surface area contributed by atoms with Crippen LogP contribution >= 0.6 is 15.9 Å². The third-order valence-corrected chi connectivity index (χ3v) is 4.70. The summed E-state index contributed by atoms with van der Waals surface area (Å²) < 4.78 is 30.4. The number of halogens is 3. The summed E-state index contributed by atoms with van der Waals surface area (Å²) in [4.78, 5) is 1.28. The zero-order valence-electron chi connectivity index (χ0n) is 12.6. The minimum atomic E-state index is -2.90. The lowest BCUT2D eigenvalue weighted by atomic mass is 9.92. The van der Waals surface area contributed by atoms with E-state index in [0.717, 1.165) is 36.6 Å². The van der Waals surface area contributed by atoms with Gasteiger partial charge in [-0.05, 0) is 31.0 Å². The van der Waals surface area contributed by atoms with Crippen LogP contribution in [0.3, 0.4) is 0 Å². The molecule has 1 aromatic rings. The molecule has 5 heteroatoms. The van der Waals surface area contributed by atoms with E-state index in [9.17, 15) is 8.78 Å². The Balaban J connectivity index is 2.44. The Kier molecular flexibility index (Phi) is 5.12. The fourth-order valence-corrected chi connectivity index (χ4v) is 3.34. The molecule has 118 valence electrons. The van der Waals surface area contributed by atoms with Crippen molar-refractivity contribution in [1.82, 2.24) is 0 Å². The van der Waals surface area contributed by atoms with E-state index in [-0.39, 0.29) is 6.04 Å². The molecule has 1 aromatic carbocycles. The van der Waals surface area contributed by atoms with Crippen LogP contribution in [0.2, 0.25) is 0 Å². The van der Waals surface area contributed by atoms with Gasteiger partial charge in [-0.2, -0.15) is 8.78 Å². The second kappa shape index (κ2) is 6.51. The molecule has 2 N–H and O–H groups in total. The van der Waals surface area contributed by atoms with Gasteiger partial charge < -0.3 is 10.6 Å². The third kappa shape index (κ3) is 3.50. The Bertz CT molecular complexity index is 485. The van der Waals surface area contributed by atoms with Crippen molar-refractivity contribution in [3.05, 3.63) is 22.7 Å². The summed E-state index contributed by atoms with van der Waals surface area (Å²) in [5.74, 6) is -0.762. The van der Waals surface area contributed by atoms with E-state index in [0.29, 0.717) is 11.4 Å².